The van der Waals surface area contributed by atoms with Gasteiger partial charge >= 0.3 is 11.9 Å². The zero-order valence-corrected chi connectivity index (χ0v) is 11.0. The van der Waals surface area contributed by atoms with Crippen LogP contribution in [0.2, 0.25) is 0 Å². The van der Waals surface area contributed by atoms with Crippen LogP contribution in [-0.2, 0) is 19.1 Å². The van der Waals surface area contributed by atoms with Gasteiger partial charge in [0, 0.05) is 0 Å². The quantitative estimate of drug-likeness (QED) is 0.679. The molecule has 0 radical (unpaired) electrons. The number of hydrogen-bond acceptors (Lipinski definition) is 4. The van der Waals surface area contributed by atoms with Crippen molar-refractivity contribution < 1.29 is 19.1 Å². The van der Waals surface area contributed by atoms with Gasteiger partial charge in [0.1, 0.15) is 0 Å². The smallest absolute Gasteiger partial charge is 0.311 e. The summed E-state index contributed by atoms with van der Waals surface area (Å²) in [5, 5.41) is 0. The molecule has 0 amide bonds. The first-order chi connectivity index (χ1) is 7.14. The second kappa shape index (κ2) is 5.32. The van der Waals surface area contributed by atoms with Crippen molar-refractivity contribution in [1.82, 2.24) is 0 Å². The van der Waals surface area contributed by atoms with Crippen molar-refractivity contribution in [3.63, 3.8) is 0 Å². The van der Waals surface area contributed by atoms with Gasteiger partial charge in [0.25, 0.3) is 0 Å². The van der Waals surface area contributed by atoms with Gasteiger partial charge in [-0.3, -0.25) is 9.59 Å². The first kappa shape index (κ1) is 14.9. The minimum absolute atomic E-state index is 0.259. The van der Waals surface area contributed by atoms with Crippen LogP contribution in [0.3, 0.4) is 0 Å². The zero-order chi connectivity index (χ0) is 13.0. The molecular weight excluding hydrogens is 208 g/mol. The Morgan fingerprint density at radius 1 is 1.00 bits per heavy atom. The summed E-state index contributed by atoms with van der Waals surface area (Å²) in [6, 6.07) is 0. The highest BCUT2D eigenvalue weighted by Gasteiger charge is 2.36. The monoisotopic (exact) mass is 230 g/mol. The van der Waals surface area contributed by atoms with E-state index in [1.807, 2.05) is 27.7 Å². The molecule has 0 N–H and O–H groups in total. The van der Waals surface area contributed by atoms with Crippen LogP contribution in [0.4, 0.5) is 0 Å². The standard InChI is InChI=1S/C12H22O4/c1-11(2,7-9(13)15-5)8-12(3,4)10(14)16-6/h7-8H2,1-6H3. The Morgan fingerprint density at radius 3 is 1.88 bits per heavy atom. The lowest BCUT2D eigenvalue weighted by Crippen LogP contribution is -2.32. The SMILES string of the molecule is COC(=O)CC(C)(C)CC(C)(C)C(=O)OC. The Hall–Kier alpha value is -1.06. The highest BCUT2D eigenvalue weighted by Crippen LogP contribution is 2.37. The van der Waals surface area contributed by atoms with Crippen LogP contribution in [0.15, 0.2) is 0 Å². The molecule has 16 heavy (non-hydrogen) atoms. The van der Waals surface area contributed by atoms with E-state index in [1.165, 1.54) is 14.2 Å². The Bertz CT molecular complexity index is 266. The molecule has 0 saturated heterocycles. The van der Waals surface area contributed by atoms with Gasteiger partial charge in [-0.05, 0) is 25.7 Å². The summed E-state index contributed by atoms with van der Waals surface area (Å²) in [4.78, 5) is 22.7. The van der Waals surface area contributed by atoms with Crippen LogP contribution in [0.25, 0.3) is 0 Å². The molecule has 0 atom stereocenters. The number of esters is 2. The molecule has 0 saturated carbocycles. The molecule has 0 spiro atoms. The molecule has 0 aliphatic heterocycles. The third-order valence-corrected chi connectivity index (χ3v) is 2.51. The lowest BCUT2D eigenvalue weighted by molar-refractivity contribution is -0.154. The Balaban J connectivity index is 4.56. The fourth-order valence-corrected chi connectivity index (χ4v) is 2.07. The van der Waals surface area contributed by atoms with Crippen molar-refractivity contribution in [2.45, 2.75) is 40.5 Å². The first-order valence-electron chi connectivity index (χ1n) is 5.30. The predicted octanol–water partition coefficient (Wildman–Crippen LogP) is 2.17. The Kier molecular flexibility index (Phi) is 4.97. The largest absolute Gasteiger partial charge is 0.469 e. The maximum absolute atomic E-state index is 11.5. The lowest BCUT2D eigenvalue weighted by Gasteiger charge is -2.32. The zero-order valence-electron chi connectivity index (χ0n) is 11.0. The van der Waals surface area contributed by atoms with E-state index in [1.54, 1.807) is 0 Å². The number of ether oxygens (including phenoxy) is 2. The molecule has 0 fully saturated rings. The lowest BCUT2D eigenvalue weighted by atomic mass is 9.73. The number of carbonyl (C=O) groups excluding carboxylic acids is 2. The van der Waals surface area contributed by atoms with E-state index in [0.717, 1.165) is 0 Å². The number of rotatable bonds is 5. The van der Waals surface area contributed by atoms with E-state index in [4.69, 9.17) is 4.74 Å². The van der Waals surface area contributed by atoms with Gasteiger partial charge in [0.15, 0.2) is 0 Å². The number of methoxy groups -OCH3 is 2. The minimum Gasteiger partial charge on any atom is -0.469 e. The summed E-state index contributed by atoms with van der Waals surface area (Å²) < 4.78 is 9.37. The summed E-state index contributed by atoms with van der Waals surface area (Å²) in [6.45, 7) is 7.51. The normalized spacial score (nSPS) is 12.1. The van der Waals surface area contributed by atoms with Crippen LogP contribution in [0.1, 0.15) is 40.5 Å². The van der Waals surface area contributed by atoms with Crippen LogP contribution < -0.4 is 0 Å². The number of hydrogen-bond donors (Lipinski definition) is 0. The van der Waals surface area contributed by atoms with Crippen molar-refractivity contribution in [1.29, 1.82) is 0 Å². The highest BCUT2D eigenvalue weighted by molar-refractivity contribution is 5.76. The van der Waals surface area contributed by atoms with E-state index >= 15 is 0 Å². The summed E-state index contributed by atoms with van der Waals surface area (Å²) in [5.74, 6) is -0.517. The van der Waals surface area contributed by atoms with Crippen molar-refractivity contribution >= 4 is 11.9 Å². The topological polar surface area (TPSA) is 52.6 Å². The van der Waals surface area contributed by atoms with E-state index in [0.29, 0.717) is 12.8 Å². The van der Waals surface area contributed by atoms with E-state index in [-0.39, 0.29) is 17.4 Å². The predicted molar refractivity (Wildman–Crippen MR) is 60.8 cm³/mol. The second-order valence-corrected chi connectivity index (χ2v) is 5.47. The van der Waals surface area contributed by atoms with E-state index in [2.05, 4.69) is 4.74 Å². The highest BCUT2D eigenvalue weighted by atomic mass is 16.5. The van der Waals surface area contributed by atoms with E-state index in [9.17, 15) is 9.59 Å². The number of carbonyl (C=O) groups is 2. The average Bonchev–Trinajstić information content (AvgIpc) is 2.13. The summed E-state index contributed by atoms with van der Waals surface area (Å²) >= 11 is 0. The summed E-state index contributed by atoms with van der Waals surface area (Å²) in [5.41, 5.74) is -0.878. The fourth-order valence-electron chi connectivity index (χ4n) is 2.07. The van der Waals surface area contributed by atoms with Crippen LogP contribution in [0.5, 0.6) is 0 Å². The van der Waals surface area contributed by atoms with Gasteiger partial charge in [0.2, 0.25) is 0 Å². The van der Waals surface area contributed by atoms with Gasteiger partial charge in [-0.15, -0.1) is 0 Å². The third kappa shape index (κ3) is 4.64. The second-order valence-electron chi connectivity index (χ2n) is 5.47. The maximum Gasteiger partial charge on any atom is 0.311 e. The van der Waals surface area contributed by atoms with Gasteiger partial charge in [0.05, 0.1) is 26.1 Å². The molecule has 0 aliphatic rings. The fraction of sp³-hybridized carbons (Fsp3) is 0.833. The molecule has 0 bridgehead atoms. The van der Waals surface area contributed by atoms with Crippen LogP contribution >= 0.6 is 0 Å². The summed E-state index contributed by atoms with van der Waals surface area (Å²) in [6.07, 6.45) is 0.867. The van der Waals surface area contributed by atoms with Crippen molar-refractivity contribution in [3.8, 4) is 0 Å². The van der Waals surface area contributed by atoms with E-state index < -0.39 is 5.41 Å². The maximum atomic E-state index is 11.5. The van der Waals surface area contributed by atoms with Gasteiger partial charge in [-0.2, -0.15) is 0 Å². The molecular formula is C12H22O4. The van der Waals surface area contributed by atoms with Gasteiger partial charge in [-0.1, -0.05) is 13.8 Å². The molecule has 0 unspecified atom stereocenters. The summed E-state index contributed by atoms with van der Waals surface area (Å²) in [7, 11) is 2.74. The van der Waals surface area contributed by atoms with Gasteiger partial charge in [-0.25, -0.2) is 0 Å². The van der Waals surface area contributed by atoms with Crippen molar-refractivity contribution in [2.75, 3.05) is 14.2 Å². The van der Waals surface area contributed by atoms with Crippen LogP contribution in [0, 0.1) is 10.8 Å². The molecule has 0 aromatic rings. The molecule has 0 aromatic heterocycles. The molecule has 0 aromatic carbocycles. The molecule has 4 nitrogen and oxygen atoms in total. The molecule has 0 aliphatic carbocycles. The average molecular weight is 230 g/mol. The molecule has 94 valence electrons. The molecule has 0 heterocycles. The Morgan fingerprint density at radius 2 is 1.50 bits per heavy atom. The van der Waals surface area contributed by atoms with Gasteiger partial charge < -0.3 is 9.47 Å². The first-order valence-corrected chi connectivity index (χ1v) is 5.30. The van der Waals surface area contributed by atoms with Crippen LogP contribution in [-0.4, -0.2) is 26.2 Å². The Labute approximate surface area is 97.3 Å². The minimum atomic E-state index is -0.591. The van der Waals surface area contributed by atoms with Crippen molar-refractivity contribution in [3.05, 3.63) is 0 Å². The molecule has 4 heteroatoms. The van der Waals surface area contributed by atoms with Crippen molar-refractivity contribution in [2.24, 2.45) is 10.8 Å². The third-order valence-electron chi connectivity index (χ3n) is 2.51. The molecule has 0 rings (SSSR count).